The second-order valence-electron chi connectivity index (χ2n) is 4.55. The molecule has 2 N–H and O–H groups in total. The Hall–Kier alpha value is -1.07. The van der Waals surface area contributed by atoms with E-state index in [0.717, 1.165) is 41.7 Å². The van der Waals surface area contributed by atoms with Gasteiger partial charge in [-0.15, -0.1) is 0 Å². The van der Waals surface area contributed by atoms with Crippen LogP contribution in [0, 0.1) is 0 Å². The van der Waals surface area contributed by atoms with Crippen molar-refractivity contribution < 1.29 is 9.53 Å². The van der Waals surface area contributed by atoms with Crippen molar-refractivity contribution in [2.24, 2.45) is 0 Å². The van der Waals surface area contributed by atoms with Gasteiger partial charge in [-0.25, -0.2) is 0 Å². The summed E-state index contributed by atoms with van der Waals surface area (Å²) in [5, 5.41) is 5.98. The number of rotatable bonds is 9. The molecule has 1 aromatic rings. The molecule has 0 fully saturated rings. The summed E-state index contributed by atoms with van der Waals surface area (Å²) in [6.07, 6.45) is 2.32. The maximum absolute atomic E-state index is 11.1. The van der Waals surface area contributed by atoms with E-state index in [1.165, 1.54) is 0 Å². The fourth-order valence-electron chi connectivity index (χ4n) is 1.77. The van der Waals surface area contributed by atoms with Gasteiger partial charge in [0.2, 0.25) is 5.91 Å². The molecule has 1 amide bonds. The molecule has 0 aliphatic rings. The van der Waals surface area contributed by atoms with Gasteiger partial charge in [0.1, 0.15) is 5.75 Å². The number of hydrogen-bond donors (Lipinski definition) is 2. The fourth-order valence-corrected chi connectivity index (χ4v) is 2.18. The van der Waals surface area contributed by atoms with Crippen LogP contribution in [0.15, 0.2) is 22.7 Å². The molecule has 0 aliphatic carbocycles. The summed E-state index contributed by atoms with van der Waals surface area (Å²) in [4.78, 5) is 11.1. The van der Waals surface area contributed by atoms with Gasteiger partial charge >= 0.3 is 0 Å². The van der Waals surface area contributed by atoms with Crippen molar-refractivity contribution in [3.8, 4) is 5.75 Å². The second kappa shape index (κ2) is 9.77. The normalized spacial score (nSPS) is 10.3. The van der Waals surface area contributed by atoms with E-state index < -0.39 is 0 Å². The number of ether oxygens (including phenoxy) is 1. The monoisotopic (exact) mass is 342 g/mol. The van der Waals surface area contributed by atoms with Gasteiger partial charge in [-0.2, -0.15) is 0 Å². The van der Waals surface area contributed by atoms with Crippen LogP contribution in [-0.4, -0.2) is 26.1 Å². The molecule has 20 heavy (non-hydrogen) atoms. The lowest BCUT2D eigenvalue weighted by atomic mass is 10.2. The molecule has 1 aromatic carbocycles. The summed E-state index contributed by atoms with van der Waals surface area (Å²) in [5.74, 6) is 0.933. The third-order valence-corrected chi connectivity index (χ3v) is 3.34. The Labute approximate surface area is 129 Å². The maximum Gasteiger partial charge on any atom is 0.219 e. The van der Waals surface area contributed by atoms with E-state index in [1.807, 2.05) is 12.1 Å². The van der Waals surface area contributed by atoms with Gasteiger partial charge in [-0.1, -0.05) is 22.9 Å². The lowest BCUT2D eigenvalue weighted by Gasteiger charge is -2.12. The van der Waals surface area contributed by atoms with E-state index in [4.69, 9.17) is 4.74 Å². The number of benzene rings is 1. The first kappa shape index (κ1) is 17.0. The molecule has 5 heteroatoms. The van der Waals surface area contributed by atoms with Crippen LogP contribution in [0.3, 0.4) is 0 Å². The molecule has 4 nitrogen and oxygen atoms in total. The molecule has 112 valence electrons. The van der Waals surface area contributed by atoms with Crippen molar-refractivity contribution >= 4 is 21.8 Å². The smallest absolute Gasteiger partial charge is 0.219 e. The average molecular weight is 343 g/mol. The van der Waals surface area contributed by atoms with E-state index in [0.29, 0.717) is 13.0 Å². The van der Waals surface area contributed by atoms with Crippen molar-refractivity contribution in [2.75, 3.05) is 20.2 Å². The predicted molar refractivity (Wildman–Crippen MR) is 84.9 cm³/mol. The van der Waals surface area contributed by atoms with Crippen LogP contribution in [0.1, 0.15) is 31.7 Å². The number of hydrogen-bond acceptors (Lipinski definition) is 3. The van der Waals surface area contributed by atoms with Gasteiger partial charge in [0.05, 0.1) is 6.61 Å². The van der Waals surface area contributed by atoms with Crippen LogP contribution < -0.4 is 15.4 Å². The molecule has 1 rings (SSSR count). The first-order chi connectivity index (χ1) is 9.67. The maximum atomic E-state index is 11.1. The zero-order valence-corrected chi connectivity index (χ0v) is 13.8. The van der Waals surface area contributed by atoms with Gasteiger partial charge in [0.15, 0.2) is 0 Å². The van der Waals surface area contributed by atoms with Crippen molar-refractivity contribution in [3.63, 3.8) is 0 Å². The van der Waals surface area contributed by atoms with E-state index >= 15 is 0 Å². The van der Waals surface area contributed by atoms with Crippen LogP contribution in [0.25, 0.3) is 0 Å². The zero-order valence-electron chi connectivity index (χ0n) is 12.2. The fraction of sp³-hybridized carbons (Fsp3) is 0.533. The van der Waals surface area contributed by atoms with E-state index in [2.05, 4.69) is 39.6 Å². The van der Waals surface area contributed by atoms with Crippen LogP contribution >= 0.6 is 15.9 Å². The summed E-state index contributed by atoms with van der Waals surface area (Å²) in [7, 11) is 1.65. The van der Waals surface area contributed by atoms with Gasteiger partial charge in [0, 0.05) is 30.0 Å². The SMILES string of the molecule is CCCNCc1cc(Br)ccc1OCCCC(=O)NC. The highest BCUT2D eigenvalue weighted by Gasteiger charge is 2.05. The number of carbonyl (C=O) groups is 1. The minimum Gasteiger partial charge on any atom is -0.493 e. The summed E-state index contributed by atoms with van der Waals surface area (Å²) >= 11 is 3.48. The first-order valence-corrected chi connectivity index (χ1v) is 7.79. The van der Waals surface area contributed by atoms with Crippen LogP contribution in [-0.2, 0) is 11.3 Å². The minimum atomic E-state index is 0.0502. The Balaban J connectivity index is 2.48. The third-order valence-electron chi connectivity index (χ3n) is 2.85. The molecular weight excluding hydrogens is 320 g/mol. The molecule has 0 heterocycles. The topological polar surface area (TPSA) is 50.4 Å². The number of halogens is 1. The quantitative estimate of drug-likeness (QED) is 0.678. The highest BCUT2D eigenvalue weighted by Crippen LogP contribution is 2.23. The number of carbonyl (C=O) groups excluding carboxylic acids is 1. The molecule has 0 unspecified atom stereocenters. The molecule has 0 spiro atoms. The molecule has 0 aromatic heterocycles. The lowest BCUT2D eigenvalue weighted by molar-refractivity contribution is -0.120. The van der Waals surface area contributed by atoms with Gasteiger partial charge < -0.3 is 15.4 Å². The Bertz CT molecular complexity index is 424. The van der Waals surface area contributed by atoms with E-state index in [9.17, 15) is 4.79 Å². The van der Waals surface area contributed by atoms with Crippen molar-refractivity contribution in [1.82, 2.24) is 10.6 Å². The van der Waals surface area contributed by atoms with Crippen LogP contribution in [0.4, 0.5) is 0 Å². The highest BCUT2D eigenvalue weighted by molar-refractivity contribution is 9.10. The van der Waals surface area contributed by atoms with Crippen LogP contribution in [0.2, 0.25) is 0 Å². The van der Waals surface area contributed by atoms with Gasteiger partial charge in [-0.3, -0.25) is 4.79 Å². The van der Waals surface area contributed by atoms with Crippen molar-refractivity contribution in [1.29, 1.82) is 0 Å². The third kappa shape index (κ3) is 6.39. The average Bonchev–Trinajstić information content (AvgIpc) is 2.45. The van der Waals surface area contributed by atoms with Gasteiger partial charge in [0.25, 0.3) is 0 Å². The Kier molecular flexibility index (Phi) is 8.30. The van der Waals surface area contributed by atoms with Crippen molar-refractivity contribution in [3.05, 3.63) is 28.2 Å². The minimum absolute atomic E-state index is 0.0502. The summed E-state index contributed by atoms with van der Waals surface area (Å²) in [6.45, 7) is 4.47. The molecule has 0 bridgehead atoms. The first-order valence-electron chi connectivity index (χ1n) is 7.00. The van der Waals surface area contributed by atoms with Gasteiger partial charge in [-0.05, 0) is 37.6 Å². The lowest BCUT2D eigenvalue weighted by Crippen LogP contribution is -2.18. The molecule has 0 aliphatic heterocycles. The standard InChI is InChI=1S/C15H23BrN2O2/c1-3-8-18-11-12-10-13(16)6-7-14(12)20-9-4-5-15(19)17-2/h6-7,10,18H,3-5,8-9,11H2,1-2H3,(H,17,19). The zero-order chi connectivity index (χ0) is 14.8. The van der Waals surface area contributed by atoms with E-state index in [-0.39, 0.29) is 5.91 Å². The Morgan fingerprint density at radius 3 is 2.90 bits per heavy atom. The Morgan fingerprint density at radius 1 is 1.40 bits per heavy atom. The number of nitrogens with one attached hydrogen (secondary N) is 2. The molecule has 0 radical (unpaired) electrons. The molecular formula is C15H23BrN2O2. The van der Waals surface area contributed by atoms with E-state index in [1.54, 1.807) is 7.05 Å². The predicted octanol–water partition coefficient (Wildman–Crippen LogP) is 2.85. The summed E-state index contributed by atoms with van der Waals surface area (Å²) in [5.41, 5.74) is 1.13. The molecule has 0 atom stereocenters. The summed E-state index contributed by atoms with van der Waals surface area (Å²) in [6, 6.07) is 6.00. The van der Waals surface area contributed by atoms with Crippen molar-refractivity contribution in [2.45, 2.75) is 32.7 Å². The van der Waals surface area contributed by atoms with Crippen LogP contribution in [0.5, 0.6) is 5.75 Å². The second-order valence-corrected chi connectivity index (χ2v) is 5.47. The largest absolute Gasteiger partial charge is 0.493 e. The highest BCUT2D eigenvalue weighted by atomic mass is 79.9. The summed E-state index contributed by atoms with van der Waals surface area (Å²) < 4.78 is 6.82. The number of amides is 1. The molecule has 0 saturated carbocycles. The Morgan fingerprint density at radius 2 is 2.20 bits per heavy atom. The molecule has 0 saturated heterocycles.